The van der Waals surface area contributed by atoms with E-state index in [0.29, 0.717) is 6.61 Å². The second-order valence-electron chi connectivity index (χ2n) is 4.30. The molecule has 17 heavy (non-hydrogen) atoms. The number of hydrogen-bond donors (Lipinski definition) is 1. The Morgan fingerprint density at radius 2 is 2.06 bits per heavy atom. The SMILES string of the molecule is Cc1ccc(CONC2=C(C#N)CCC2)cc1. The second kappa shape index (κ2) is 5.51. The van der Waals surface area contributed by atoms with Crippen LogP contribution in [0.4, 0.5) is 0 Å². The van der Waals surface area contributed by atoms with Gasteiger partial charge in [0.2, 0.25) is 0 Å². The van der Waals surface area contributed by atoms with Crippen LogP contribution in [0.25, 0.3) is 0 Å². The molecule has 0 saturated carbocycles. The third kappa shape index (κ3) is 3.08. The molecular formula is C14H16N2O. The van der Waals surface area contributed by atoms with Gasteiger partial charge in [0.25, 0.3) is 0 Å². The van der Waals surface area contributed by atoms with Gasteiger partial charge in [-0.1, -0.05) is 29.8 Å². The van der Waals surface area contributed by atoms with E-state index in [1.807, 2.05) is 12.1 Å². The number of nitriles is 1. The van der Waals surface area contributed by atoms with Gasteiger partial charge in [0, 0.05) is 0 Å². The van der Waals surface area contributed by atoms with Crippen LogP contribution in [-0.2, 0) is 11.4 Å². The highest BCUT2D eigenvalue weighted by Crippen LogP contribution is 2.23. The Balaban J connectivity index is 1.84. The van der Waals surface area contributed by atoms with Gasteiger partial charge >= 0.3 is 0 Å². The summed E-state index contributed by atoms with van der Waals surface area (Å²) in [6.45, 7) is 2.58. The Labute approximate surface area is 102 Å². The first kappa shape index (κ1) is 11.7. The second-order valence-corrected chi connectivity index (χ2v) is 4.30. The molecule has 88 valence electrons. The summed E-state index contributed by atoms with van der Waals surface area (Å²) >= 11 is 0. The molecule has 2 rings (SSSR count). The molecule has 0 aliphatic heterocycles. The van der Waals surface area contributed by atoms with Gasteiger partial charge in [-0.2, -0.15) is 5.26 Å². The molecule has 1 aliphatic rings. The third-order valence-corrected chi connectivity index (χ3v) is 2.91. The standard InChI is InChI=1S/C14H16N2O/c1-11-5-7-12(8-6-11)10-17-16-14-4-2-3-13(14)9-15/h5-8,16H,2-4,10H2,1H3. The van der Waals surface area contributed by atoms with Crippen LogP contribution in [0.2, 0.25) is 0 Å². The van der Waals surface area contributed by atoms with Crippen LogP contribution in [0.1, 0.15) is 30.4 Å². The fraction of sp³-hybridized carbons (Fsp3) is 0.357. The number of nitrogens with zero attached hydrogens (tertiary/aromatic N) is 1. The van der Waals surface area contributed by atoms with Crippen molar-refractivity contribution in [3.8, 4) is 6.07 Å². The lowest BCUT2D eigenvalue weighted by molar-refractivity contribution is 0.0474. The van der Waals surface area contributed by atoms with Gasteiger partial charge < -0.3 is 0 Å². The molecule has 0 heterocycles. The van der Waals surface area contributed by atoms with Gasteiger partial charge in [0.15, 0.2) is 0 Å². The summed E-state index contributed by atoms with van der Waals surface area (Å²) < 4.78 is 0. The normalized spacial score (nSPS) is 14.8. The molecule has 0 unspecified atom stereocenters. The maximum absolute atomic E-state index is 8.88. The summed E-state index contributed by atoms with van der Waals surface area (Å²) in [7, 11) is 0. The Bertz CT molecular complexity index is 454. The maximum Gasteiger partial charge on any atom is 0.0996 e. The van der Waals surface area contributed by atoms with Gasteiger partial charge in [-0.3, -0.25) is 10.3 Å². The van der Waals surface area contributed by atoms with E-state index in [4.69, 9.17) is 10.1 Å². The minimum absolute atomic E-state index is 0.516. The van der Waals surface area contributed by atoms with Crippen molar-refractivity contribution in [2.75, 3.05) is 0 Å². The highest BCUT2D eigenvalue weighted by Gasteiger charge is 2.13. The van der Waals surface area contributed by atoms with Crippen LogP contribution in [0, 0.1) is 18.3 Å². The Kier molecular flexibility index (Phi) is 3.79. The maximum atomic E-state index is 8.88. The van der Waals surface area contributed by atoms with Gasteiger partial charge in [-0.15, -0.1) is 0 Å². The predicted molar refractivity (Wildman–Crippen MR) is 65.6 cm³/mol. The van der Waals surface area contributed by atoms with Crippen LogP contribution < -0.4 is 5.48 Å². The number of rotatable bonds is 4. The van der Waals surface area contributed by atoms with Crippen LogP contribution >= 0.6 is 0 Å². The first-order chi connectivity index (χ1) is 8.29. The largest absolute Gasteiger partial charge is 0.272 e. The molecule has 1 N–H and O–H groups in total. The Morgan fingerprint density at radius 1 is 1.29 bits per heavy atom. The van der Waals surface area contributed by atoms with Crippen molar-refractivity contribution in [1.82, 2.24) is 5.48 Å². The van der Waals surface area contributed by atoms with E-state index in [1.165, 1.54) is 5.56 Å². The highest BCUT2D eigenvalue weighted by atomic mass is 16.6. The van der Waals surface area contributed by atoms with E-state index in [0.717, 1.165) is 36.1 Å². The Hall–Kier alpha value is -1.79. The smallest absolute Gasteiger partial charge is 0.0996 e. The zero-order chi connectivity index (χ0) is 12.1. The van der Waals surface area contributed by atoms with Crippen LogP contribution in [0.3, 0.4) is 0 Å². The predicted octanol–water partition coefficient (Wildman–Crippen LogP) is 2.98. The lowest BCUT2D eigenvalue weighted by Crippen LogP contribution is -2.13. The third-order valence-electron chi connectivity index (χ3n) is 2.91. The number of nitrogens with one attached hydrogen (secondary N) is 1. The fourth-order valence-corrected chi connectivity index (χ4v) is 1.87. The zero-order valence-corrected chi connectivity index (χ0v) is 9.99. The number of allylic oxidation sites excluding steroid dienone is 2. The number of aryl methyl sites for hydroxylation is 1. The average molecular weight is 228 g/mol. The Morgan fingerprint density at radius 3 is 2.76 bits per heavy atom. The van der Waals surface area contributed by atoms with Crippen molar-refractivity contribution in [3.05, 3.63) is 46.7 Å². The van der Waals surface area contributed by atoms with E-state index in [-0.39, 0.29) is 0 Å². The van der Waals surface area contributed by atoms with Crippen molar-refractivity contribution in [2.24, 2.45) is 0 Å². The number of benzene rings is 1. The monoisotopic (exact) mass is 228 g/mol. The summed E-state index contributed by atoms with van der Waals surface area (Å²) in [5.41, 5.74) is 7.04. The van der Waals surface area contributed by atoms with Crippen LogP contribution in [0.5, 0.6) is 0 Å². The summed E-state index contributed by atoms with van der Waals surface area (Å²) in [6, 6.07) is 10.4. The minimum atomic E-state index is 0.516. The van der Waals surface area contributed by atoms with E-state index < -0.39 is 0 Å². The van der Waals surface area contributed by atoms with Crippen molar-refractivity contribution in [2.45, 2.75) is 32.8 Å². The molecule has 0 amide bonds. The number of hydroxylamine groups is 1. The van der Waals surface area contributed by atoms with Crippen molar-refractivity contribution in [3.63, 3.8) is 0 Å². The molecule has 0 fully saturated rings. The van der Waals surface area contributed by atoms with E-state index in [2.05, 4.69) is 30.6 Å². The molecule has 0 saturated heterocycles. The summed E-state index contributed by atoms with van der Waals surface area (Å²) in [4.78, 5) is 5.42. The van der Waals surface area contributed by atoms with Gasteiger partial charge in [-0.05, 0) is 31.7 Å². The zero-order valence-electron chi connectivity index (χ0n) is 9.99. The van der Waals surface area contributed by atoms with E-state index in [1.54, 1.807) is 0 Å². The van der Waals surface area contributed by atoms with Crippen LogP contribution in [-0.4, -0.2) is 0 Å². The van der Waals surface area contributed by atoms with Crippen molar-refractivity contribution in [1.29, 1.82) is 5.26 Å². The number of hydrogen-bond acceptors (Lipinski definition) is 3. The first-order valence-corrected chi connectivity index (χ1v) is 5.85. The molecule has 0 atom stereocenters. The molecule has 0 radical (unpaired) electrons. The van der Waals surface area contributed by atoms with E-state index in [9.17, 15) is 0 Å². The molecule has 3 nitrogen and oxygen atoms in total. The summed E-state index contributed by atoms with van der Waals surface area (Å²) in [5.74, 6) is 0. The lowest BCUT2D eigenvalue weighted by Gasteiger charge is -2.08. The molecule has 0 aromatic heterocycles. The topological polar surface area (TPSA) is 45.0 Å². The first-order valence-electron chi connectivity index (χ1n) is 5.85. The minimum Gasteiger partial charge on any atom is -0.272 e. The molecule has 0 bridgehead atoms. The average Bonchev–Trinajstić information content (AvgIpc) is 2.79. The molecule has 3 heteroatoms. The highest BCUT2D eigenvalue weighted by molar-refractivity contribution is 5.29. The fourth-order valence-electron chi connectivity index (χ4n) is 1.87. The summed E-state index contributed by atoms with van der Waals surface area (Å²) in [6.07, 6.45) is 2.82. The molecule has 0 spiro atoms. The molecular weight excluding hydrogens is 212 g/mol. The summed E-state index contributed by atoms with van der Waals surface area (Å²) in [5, 5.41) is 8.88. The lowest BCUT2D eigenvalue weighted by atomic mass is 10.2. The van der Waals surface area contributed by atoms with Crippen molar-refractivity contribution < 1.29 is 4.84 Å². The molecule has 1 aromatic rings. The van der Waals surface area contributed by atoms with Gasteiger partial charge in [0.1, 0.15) is 0 Å². The molecule has 1 aromatic carbocycles. The van der Waals surface area contributed by atoms with Gasteiger partial charge in [0.05, 0.1) is 23.9 Å². The van der Waals surface area contributed by atoms with Gasteiger partial charge in [-0.25, -0.2) is 0 Å². The van der Waals surface area contributed by atoms with Crippen molar-refractivity contribution >= 4 is 0 Å². The van der Waals surface area contributed by atoms with Crippen LogP contribution in [0.15, 0.2) is 35.5 Å². The quantitative estimate of drug-likeness (QED) is 0.806. The van der Waals surface area contributed by atoms with E-state index >= 15 is 0 Å². The molecule has 1 aliphatic carbocycles.